The molecule has 1 fully saturated rings. The van der Waals surface area contributed by atoms with Crippen molar-refractivity contribution >= 4 is 26.6 Å². The predicted octanol–water partition coefficient (Wildman–Crippen LogP) is 2.10. The maximum absolute atomic E-state index is 13.3. The van der Waals surface area contributed by atoms with Gasteiger partial charge in [-0.3, -0.25) is 4.79 Å². The predicted molar refractivity (Wildman–Crippen MR) is 120 cm³/mol. The van der Waals surface area contributed by atoms with Crippen LogP contribution in [0.4, 0.5) is 10.1 Å². The van der Waals surface area contributed by atoms with Gasteiger partial charge < -0.3 is 9.47 Å². The molecule has 0 N–H and O–H groups in total. The van der Waals surface area contributed by atoms with Crippen LogP contribution in [0.2, 0.25) is 0 Å². The molecule has 0 saturated carbocycles. The number of rotatable bonds is 4. The van der Waals surface area contributed by atoms with Crippen molar-refractivity contribution < 1.29 is 12.8 Å². The first kappa shape index (κ1) is 21.6. The van der Waals surface area contributed by atoms with Gasteiger partial charge in [0.15, 0.2) is 0 Å². The number of halogens is 1. The summed E-state index contributed by atoms with van der Waals surface area (Å²) in [6.07, 6.45) is 5.11. The zero-order valence-corrected chi connectivity index (χ0v) is 17.8. The molecule has 4 rings (SSSR count). The van der Waals surface area contributed by atoms with E-state index in [4.69, 9.17) is 6.42 Å². The number of pyridine rings is 1. The Hall–Kier alpha value is -3.66. The van der Waals surface area contributed by atoms with Gasteiger partial charge in [-0.1, -0.05) is 30.3 Å². The van der Waals surface area contributed by atoms with Crippen LogP contribution in [0, 0.1) is 28.8 Å². The topological polar surface area (TPSA) is 86.4 Å². The third-order valence-electron chi connectivity index (χ3n) is 5.56. The molecule has 0 aliphatic carbocycles. The molecule has 2 aromatic carbocycles. The molecule has 1 aliphatic rings. The summed E-state index contributed by atoms with van der Waals surface area (Å²) in [4.78, 5) is 15.2. The molecule has 1 aromatic heterocycles. The molecule has 0 bridgehead atoms. The number of anilines is 1. The monoisotopic (exact) mass is 450 g/mol. The van der Waals surface area contributed by atoms with Gasteiger partial charge in [0.25, 0.3) is 15.6 Å². The smallest absolute Gasteiger partial charge is 0.282 e. The number of hydrogen-bond acceptors (Lipinski definition) is 5. The number of hydrogen-bond donors (Lipinski definition) is 0. The van der Waals surface area contributed by atoms with Gasteiger partial charge in [-0.25, -0.2) is 4.39 Å². The van der Waals surface area contributed by atoms with Gasteiger partial charge in [-0.2, -0.15) is 18.0 Å². The first-order valence-electron chi connectivity index (χ1n) is 9.88. The molecule has 0 atom stereocenters. The van der Waals surface area contributed by atoms with E-state index in [1.54, 1.807) is 24.3 Å². The Balaban J connectivity index is 1.80. The fraction of sp³-hybridized carbons (Fsp3) is 0.217. The van der Waals surface area contributed by atoms with Crippen molar-refractivity contribution in [3.8, 4) is 17.7 Å². The normalized spacial score (nSPS) is 14.8. The van der Waals surface area contributed by atoms with Crippen LogP contribution >= 0.6 is 0 Å². The summed E-state index contributed by atoms with van der Waals surface area (Å²) in [5.74, 6) is -0.370. The second-order valence-corrected chi connectivity index (χ2v) is 9.08. The van der Waals surface area contributed by atoms with Gasteiger partial charge in [0.2, 0.25) is 0 Å². The zero-order valence-electron chi connectivity index (χ0n) is 17.0. The van der Waals surface area contributed by atoms with Crippen molar-refractivity contribution in [2.45, 2.75) is 6.54 Å². The van der Waals surface area contributed by atoms with E-state index < -0.39 is 15.6 Å². The molecule has 32 heavy (non-hydrogen) atoms. The van der Waals surface area contributed by atoms with Crippen molar-refractivity contribution in [2.75, 3.05) is 31.1 Å². The average Bonchev–Trinajstić information content (AvgIpc) is 2.81. The lowest BCUT2D eigenvalue weighted by atomic mass is 10.1. The summed E-state index contributed by atoms with van der Waals surface area (Å²) >= 11 is 0. The summed E-state index contributed by atoms with van der Waals surface area (Å²) in [6.45, 7) is 1.08. The van der Waals surface area contributed by atoms with E-state index >= 15 is 0 Å². The molecule has 1 aliphatic heterocycles. The Labute approximate surface area is 185 Å². The SMILES string of the molecule is C#CS(=O)(=O)N1CCN(c2c(C#N)c(=O)n(Cc3ccc(F)cc3)c3ccccc23)CC1. The number of aromatic nitrogens is 1. The zero-order chi connectivity index (χ0) is 22.9. The summed E-state index contributed by atoms with van der Waals surface area (Å²) in [7, 11) is -3.76. The number of nitrogens with zero attached hydrogens (tertiary/aromatic N) is 4. The molecule has 0 unspecified atom stereocenters. The highest BCUT2D eigenvalue weighted by Gasteiger charge is 2.29. The van der Waals surface area contributed by atoms with Crippen molar-refractivity contribution in [1.29, 1.82) is 5.26 Å². The van der Waals surface area contributed by atoms with Gasteiger partial charge >= 0.3 is 0 Å². The third kappa shape index (κ3) is 3.84. The number of sulfonamides is 1. The Morgan fingerprint density at radius 2 is 1.69 bits per heavy atom. The lowest BCUT2D eigenvalue weighted by Crippen LogP contribution is -2.49. The lowest BCUT2D eigenvalue weighted by molar-refractivity contribution is 0.391. The molecular formula is C23H19FN4O3S. The van der Waals surface area contributed by atoms with Crippen molar-refractivity contribution in [3.63, 3.8) is 0 Å². The molecular weight excluding hydrogens is 431 g/mol. The van der Waals surface area contributed by atoms with Crippen molar-refractivity contribution in [3.05, 3.63) is 75.8 Å². The maximum Gasteiger partial charge on any atom is 0.282 e. The van der Waals surface area contributed by atoms with E-state index in [9.17, 15) is 22.9 Å². The van der Waals surface area contributed by atoms with Crippen molar-refractivity contribution in [2.24, 2.45) is 0 Å². The van der Waals surface area contributed by atoms with Gasteiger partial charge in [0, 0.05) is 36.8 Å². The van der Waals surface area contributed by atoms with Crippen LogP contribution < -0.4 is 10.5 Å². The van der Waals surface area contributed by atoms with Gasteiger partial charge in [-0.05, 0) is 23.8 Å². The number of fused-ring (bicyclic) bond motifs is 1. The molecule has 162 valence electrons. The Kier molecular flexibility index (Phi) is 5.70. The molecule has 1 saturated heterocycles. The molecule has 0 amide bonds. The lowest BCUT2D eigenvalue weighted by Gasteiger charge is -2.35. The van der Waals surface area contributed by atoms with E-state index in [1.165, 1.54) is 21.0 Å². The molecule has 7 nitrogen and oxygen atoms in total. The van der Waals surface area contributed by atoms with Gasteiger partial charge in [0.1, 0.15) is 17.4 Å². The summed E-state index contributed by atoms with van der Waals surface area (Å²) in [6, 6.07) is 15.1. The Bertz CT molecular complexity index is 1430. The van der Waals surface area contributed by atoms with E-state index in [2.05, 4.69) is 0 Å². The summed E-state index contributed by atoms with van der Waals surface area (Å²) in [5, 5.41) is 12.4. The first-order chi connectivity index (χ1) is 15.4. The van der Waals surface area contributed by atoms with Crippen LogP contribution in [-0.4, -0.2) is 43.5 Å². The first-order valence-corrected chi connectivity index (χ1v) is 11.3. The third-order valence-corrected chi connectivity index (χ3v) is 6.90. The second-order valence-electron chi connectivity index (χ2n) is 7.38. The van der Waals surface area contributed by atoms with Crippen LogP contribution in [0.3, 0.4) is 0 Å². The van der Waals surface area contributed by atoms with Gasteiger partial charge in [0.05, 0.1) is 17.7 Å². The van der Waals surface area contributed by atoms with Crippen LogP contribution in [0.1, 0.15) is 11.1 Å². The van der Waals surface area contributed by atoms with E-state index in [0.29, 0.717) is 29.7 Å². The molecule has 3 aromatic rings. The van der Waals surface area contributed by atoms with Crippen LogP contribution in [0.5, 0.6) is 0 Å². The van der Waals surface area contributed by atoms with Crippen LogP contribution in [-0.2, 0) is 16.6 Å². The quantitative estimate of drug-likeness (QED) is 0.569. The number of benzene rings is 2. The Morgan fingerprint density at radius 1 is 1.03 bits per heavy atom. The molecule has 9 heteroatoms. The highest BCUT2D eigenvalue weighted by atomic mass is 32.2. The Morgan fingerprint density at radius 3 is 2.31 bits per heavy atom. The number of piperazine rings is 1. The fourth-order valence-electron chi connectivity index (χ4n) is 3.97. The van der Waals surface area contributed by atoms with Crippen LogP contribution in [0.15, 0.2) is 53.3 Å². The van der Waals surface area contributed by atoms with Crippen LogP contribution in [0.25, 0.3) is 10.9 Å². The minimum atomic E-state index is -3.76. The van der Waals surface area contributed by atoms with Crippen molar-refractivity contribution in [1.82, 2.24) is 8.87 Å². The standard InChI is InChI=1S/C23H19FN4O3S/c1-2-32(30,31)27-13-11-26(12-14-27)22-19-5-3-4-6-21(19)28(23(29)20(22)15-25)16-17-7-9-18(24)10-8-17/h1,3-10H,11-14,16H2. The fourth-order valence-corrected chi connectivity index (χ4v) is 4.77. The highest BCUT2D eigenvalue weighted by Crippen LogP contribution is 2.30. The highest BCUT2D eigenvalue weighted by molar-refractivity contribution is 7.93. The molecule has 2 heterocycles. The second kappa shape index (κ2) is 8.46. The molecule has 0 radical (unpaired) electrons. The van der Waals surface area contributed by atoms with E-state index in [-0.39, 0.29) is 31.0 Å². The molecule has 0 spiro atoms. The summed E-state index contributed by atoms with van der Waals surface area (Å²) < 4.78 is 39.9. The van der Waals surface area contributed by atoms with Gasteiger partial charge in [-0.15, -0.1) is 6.42 Å². The average molecular weight is 450 g/mol. The largest absolute Gasteiger partial charge is 0.367 e. The number of terminal acetylenes is 1. The number of nitriles is 1. The summed E-state index contributed by atoms with van der Waals surface area (Å²) in [5.41, 5.74) is 1.38. The minimum absolute atomic E-state index is 0.0148. The minimum Gasteiger partial charge on any atom is -0.367 e. The number of para-hydroxylation sites is 1. The van der Waals surface area contributed by atoms with E-state index in [1.807, 2.05) is 28.4 Å². The maximum atomic E-state index is 13.3. The van der Waals surface area contributed by atoms with E-state index in [0.717, 1.165) is 5.56 Å².